The van der Waals surface area contributed by atoms with Crippen LogP contribution in [0.2, 0.25) is 0 Å². The summed E-state index contributed by atoms with van der Waals surface area (Å²) < 4.78 is 6.82. The summed E-state index contributed by atoms with van der Waals surface area (Å²) in [5.41, 5.74) is 0. The van der Waals surface area contributed by atoms with Crippen molar-refractivity contribution < 1.29 is 11.0 Å². The number of likely N-dealkylation sites (tertiary alicyclic amines) is 1. The van der Waals surface area contributed by atoms with Gasteiger partial charge >= 0.3 is 0 Å². The first-order valence-corrected chi connectivity index (χ1v) is 3.62. The predicted molar refractivity (Wildman–Crippen MR) is 39.9 cm³/mol. The average Bonchev–Trinajstić information content (AvgIpc) is 2.34. The first kappa shape index (κ1) is 6.64. The maximum absolute atomic E-state index is 10.6. The molecule has 1 N–H and O–H groups in total. The van der Waals surface area contributed by atoms with Crippen molar-refractivity contribution in [3.8, 4) is 0 Å². The van der Waals surface area contributed by atoms with Crippen LogP contribution in [0.15, 0.2) is 0 Å². The van der Waals surface area contributed by atoms with Crippen LogP contribution in [0.5, 0.6) is 0 Å². The second-order valence-corrected chi connectivity index (χ2v) is 2.72. The lowest BCUT2D eigenvalue weighted by molar-refractivity contribution is -0.120. The molecule has 0 spiro atoms. The molecule has 0 bridgehead atoms. The molecule has 0 aromatic rings. The molecule has 4 heteroatoms. The third-order valence-electron chi connectivity index (χ3n) is 1.72. The molecule has 4 nitrogen and oxygen atoms in total. The van der Waals surface area contributed by atoms with E-state index in [1.807, 2.05) is 0 Å². The number of carbonyl (C=O) groups excluding carboxylic acids is 2. The van der Waals surface area contributed by atoms with Gasteiger partial charge in [0.05, 0.1) is 0 Å². The van der Waals surface area contributed by atoms with Crippen molar-refractivity contribution in [3.05, 3.63) is 0 Å². The second kappa shape index (κ2) is 3.37. The van der Waals surface area contributed by atoms with Crippen LogP contribution in [0.1, 0.15) is 14.7 Å². The summed E-state index contributed by atoms with van der Waals surface area (Å²) in [4.78, 5) is 22.6. The fraction of sp³-hybridized carbons (Fsp3) is 0.714. The molecule has 0 radical (unpaired) electrons. The Hall–Kier alpha value is -1.06. The highest BCUT2D eigenvalue weighted by molar-refractivity contribution is 5.73. The summed E-state index contributed by atoms with van der Waals surface area (Å²) in [7, 11) is 0. The van der Waals surface area contributed by atoms with Crippen LogP contribution in [0.3, 0.4) is 0 Å². The van der Waals surface area contributed by atoms with E-state index in [-0.39, 0.29) is 11.9 Å². The Bertz CT molecular complexity index is 208. The number of carbonyl (C=O) groups is 2. The molecule has 0 saturated carbocycles. The molecule has 1 unspecified atom stereocenters. The van der Waals surface area contributed by atoms with E-state index in [9.17, 15) is 9.59 Å². The molecule has 11 heavy (non-hydrogen) atoms. The Morgan fingerprint density at radius 3 is 3.09 bits per heavy atom. The van der Waals surface area contributed by atoms with E-state index in [1.165, 1.54) is 11.8 Å². The van der Waals surface area contributed by atoms with Crippen LogP contribution in [-0.2, 0) is 9.59 Å². The maximum atomic E-state index is 10.6. The zero-order valence-electron chi connectivity index (χ0n) is 7.46. The first-order chi connectivity index (χ1) is 5.59. The molecule has 0 aromatic carbocycles. The van der Waals surface area contributed by atoms with Crippen LogP contribution in [-0.4, -0.2) is 36.3 Å². The van der Waals surface area contributed by atoms with Gasteiger partial charge < -0.3 is 10.2 Å². The van der Waals surface area contributed by atoms with Crippen LogP contribution in [0.25, 0.3) is 0 Å². The third-order valence-corrected chi connectivity index (χ3v) is 1.72. The van der Waals surface area contributed by atoms with Crippen molar-refractivity contribution in [1.82, 2.24) is 10.2 Å². The van der Waals surface area contributed by atoms with Crippen LogP contribution >= 0.6 is 0 Å². The largest absolute Gasteiger partial charge is 0.352 e. The van der Waals surface area contributed by atoms with Crippen molar-refractivity contribution in [3.63, 3.8) is 0 Å². The highest BCUT2D eigenvalue weighted by Crippen LogP contribution is 2.05. The van der Waals surface area contributed by atoms with Crippen molar-refractivity contribution in [2.75, 3.05) is 13.1 Å². The smallest absolute Gasteiger partial charge is 0.217 e. The number of rotatable bonds is 1. The summed E-state index contributed by atoms with van der Waals surface area (Å²) in [6, 6.07) is 0.0387. The van der Waals surface area contributed by atoms with E-state index in [2.05, 4.69) is 5.32 Å². The first-order valence-electron chi connectivity index (χ1n) is 4.12. The summed E-state index contributed by atoms with van der Waals surface area (Å²) >= 11 is 0. The van der Waals surface area contributed by atoms with E-state index in [4.69, 9.17) is 1.37 Å². The zero-order valence-corrected chi connectivity index (χ0v) is 6.46. The molecule has 2 amide bonds. The van der Waals surface area contributed by atoms with Gasteiger partial charge in [0.1, 0.15) is 1.37 Å². The zero-order chi connectivity index (χ0) is 9.14. The van der Waals surface area contributed by atoms with Gasteiger partial charge in [-0.1, -0.05) is 0 Å². The molecule has 1 aliphatic rings. The molecule has 62 valence electrons. The van der Waals surface area contributed by atoms with Gasteiger partial charge in [-0.25, -0.2) is 0 Å². The normalized spacial score (nSPS) is 24.6. The van der Waals surface area contributed by atoms with Gasteiger partial charge in [0.25, 0.3) is 0 Å². The Labute approximate surface area is 67.0 Å². The third kappa shape index (κ3) is 2.22. The highest BCUT2D eigenvalue weighted by atomic mass is 16.1. The number of hydrogen-bond donors (Lipinski definition) is 1. The summed E-state index contributed by atoms with van der Waals surface area (Å²) in [5, 5.41) is 2.71. The van der Waals surface area contributed by atoms with Gasteiger partial charge in [-0.2, -0.15) is 0 Å². The van der Waals surface area contributed by atoms with Crippen molar-refractivity contribution >= 4 is 12.3 Å². The lowest BCUT2D eigenvalue weighted by atomic mass is 10.3. The average molecular weight is 157 g/mol. The highest BCUT2D eigenvalue weighted by Gasteiger charge is 2.20. The SMILES string of the molecule is [2H]C(=O)N1CCC(NC(C)=O)C1. The Morgan fingerprint density at radius 2 is 2.64 bits per heavy atom. The van der Waals surface area contributed by atoms with E-state index in [0.29, 0.717) is 13.1 Å². The molecule has 0 aromatic heterocycles. The summed E-state index contributed by atoms with van der Waals surface area (Å²) in [6.45, 7) is 2.50. The van der Waals surface area contributed by atoms with E-state index >= 15 is 0 Å². The molecule has 1 aliphatic heterocycles. The molecule has 1 saturated heterocycles. The van der Waals surface area contributed by atoms with Crippen LogP contribution in [0, 0.1) is 0 Å². The number of nitrogens with zero attached hydrogens (tertiary/aromatic N) is 1. The Morgan fingerprint density at radius 1 is 1.91 bits per heavy atom. The van der Waals surface area contributed by atoms with Gasteiger partial charge in [-0.3, -0.25) is 9.59 Å². The molecule has 1 fully saturated rings. The summed E-state index contributed by atoms with van der Waals surface area (Å²) in [6.07, 6.45) is 0.0901. The summed E-state index contributed by atoms with van der Waals surface area (Å²) in [5.74, 6) is -0.0840. The number of hydrogen-bond acceptors (Lipinski definition) is 2. The quantitative estimate of drug-likeness (QED) is 0.514. The van der Waals surface area contributed by atoms with Gasteiger partial charge in [0.2, 0.25) is 12.3 Å². The van der Waals surface area contributed by atoms with Gasteiger partial charge in [-0.15, -0.1) is 0 Å². The lowest BCUT2D eigenvalue weighted by Crippen LogP contribution is -2.35. The fourth-order valence-electron chi connectivity index (χ4n) is 1.25. The molecule has 1 atom stereocenters. The lowest BCUT2D eigenvalue weighted by Gasteiger charge is -2.10. The number of amides is 2. The molecule has 1 rings (SSSR count). The molecule has 0 aliphatic carbocycles. The number of nitrogens with one attached hydrogen (secondary N) is 1. The van der Waals surface area contributed by atoms with Crippen molar-refractivity contribution in [2.45, 2.75) is 19.4 Å². The Kier molecular flexibility index (Phi) is 2.03. The van der Waals surface area contributed by atoms with Crippen LogP contribution < -0.4 is 5.32 Å². The fourth-order valence-corrected chi connectivity index (χ4v) is 1.25. The van der Waals surface area contributed by atoms with Crippen molar-refractivity contribution in [1.29, 1.82) is 0 Å². The molecular weight excluding hydrogens is 144 g/mol. The van der Waals surface area contributed by atoms with E-state index < -0.39 is 6.39 Å². The van der Waals surface area contributed by atoms with Gasteiger partial charge in [0, 0.05) is 26.1 Å². The van der Waals surface area contributed by atoms with Gasteiger partial charge in [-0.05, 0) is 6.42 Å². The minimum atomic E-state index is -0.664. The topological polar surface area (TPSA) is 49.4 Å². The molecular formula is C7H12N2O2. The van der Waals surface area contributed by atoms with E-state index in [0.717, 1.165) is 6.42 Å². The Balaban J connectivity index is 2.35. The minimum absolute atomic E-state index is 0.0387. The second-order valence-electron chi connectivity index (χ2n) is 2.72. The standard InChI is InChI=1S/C7H12N2O2/c1-6(11)8-7-2-3-9(4-7)5-10/h5,7H,2-4H2,1H3,(H,8,11)/i5D. The minimum Gasteiger partial charge on any atom is -0.352 e. The predicted octanol–water partition coefficient (Wildman–Crippen LogP) is -0.647. The maximum Gasteiger partial charge on any atom is 0.217 e. The van der Waals surface area contributed by atoms with Crippen molar-refractivity contribution in [2.24, 2.45) is 0 Å². The monoisotopic (exact) mass is 157 g/mol. The van der Waals surface area contributed by atoms with Crippen LogP contribution in [0.4, 0.5) is 0 Å². The molecule has 1 heterocycles. The van der Waals surface area contributed by atoms with Gasteiger partial charge in [0.15, 0.2) is 0 Å². The van der Waals surface area contributed by atoms with E-state index in [1.54, 1.807) is 0 Å².